The molecular formula is C26H31BN4O9. The third-order valence-corrected chi connectivity index (χ3v) is 6.72. The highest BCUT2D eigenvalue weighted by Crippen LogP contribution is 2.42. The molecule has 3 N–H and O–H groups in total. The van der Waals surface area contributed by atoms with Gasteiger partial charge in [-0.1, -0.05) is 50.6 Å². The molecular weight excluding hydrogens is 523 g/mol. The summed E-state index contributed by atoms with van der Waals surface area (Å²) in [5.41, 5.74) is -1.11. The van der Waals surface area contributed by atoms with E-state index in [1.807, 2.05) is 19.9 Å². The number of carbonyl (C=O) groups excluding carboxylic acids is 4. The van der Waals surface area contributed by atoms with Gasteiger partial charge in [-0.2, -0.15) is 0 Å². The van der Waals surface area contributed by atoms with Crippen molar-refractivity contribution in [2.24, 2.45) is 5.92 Å². The number of aromatic nitrogens is 2. The van der Waals surface area contributed by atoms with Gasteiger partial charge in [0.15, 0.2) is 5.60 Å². The number of ether oxygens (including phenoxy) is 1. The summed E-state index contributed by atoms with van der Waals surface area (Å²) in [6.07, 6.45) is 3.35. The average Bonchev–Trinajstić information content (AvgIpc) is 3.13. The van der Waals surface area contributed by atoms with E-state index in [1.54, 1.807) is 24.3 Å². The van der Waals surface area contributed by atoms with Gasteiger partial charge in [-0.15, -0.1) is 0 Å². The van der Waals surface area contributed by atoms with Gasteiger partial charge in [0.1, 0.15) is 18.2 Å². The number of aliphatic carboxylic acids is 1. The molecule has 0 aliphatic carbocycles. The first-order valence-electron chi connectivity index (χ1n) is 12.9. The zero-order valence-electron chi connectivity index (χ0n) is 22.4. The Morgan fingerprint density at radius 3 is 2.55 bits per heavy atom. The van der Waals surface area contributed by atoms with Crippen molar-refractivity contribution in [3.8, 4) is 0 Å². The number of esters is 1. The van der Waals surface area contributed by atoms with E-state index in [1.165, 1.54) is 18.6 Å². The van der Waals surface area contributed by atoms with Gasteiger partial charge in [-0.05, 0) is 11.5 Å². The molecule has 0 spiro atoms. The Balaban J connectivity index is 1.62. The van der Waals surface area contributed by atoms with E-state index in [0.29, 0.717) is 0 Å². The van der Waals surface area contributed by atoms with Gasteiger partial charge in [0.05, 0.1) is 19.7 Å². The van der Waals surface area contributed by atoms with Gasteiger partial charge in [0, 0.05) is 29.6 Å². The Morgan fingerprint density at radius 2 is 1.90 bits per heavy atom. The lowest BCUT2D eigenvalue weighted by atomic mass is 9.64. The minimum Gasteiger partial charge on any atom is -0.717 e. The van der Waals surface area contributed by atoms with Gasteiger partial charge >= 0.3 is 18.7 Å². The smallest absolute Gasteiger partial charge is 0.594 e. The van der Waals surface area contributed by atoms with Crippen molar-refractivity contribution in [1.29, 1.82) is 0 Å². The molecule has 2 bridgehead atoms. The van der Waals surface area contributed by atoms with Gasteiger partial charge in [-0.25, -0.2) is 4.98 Å². The van der Waals surface area contributed by atoms with Crippen molar-refractivity contribution in [3.63, 3.8) is 0 Å². The lowest BCUT2D eigenvalue weighted by Gasteiger charge is -2.43. The zero-order valence-corrected chi connectivity index (χ0v) is 22.4. The van der Waals surface area contributed by atoms with Crippen LogP contribution in [0.25, 0.3) is 0 Å². The zero-order chi connectivity index (χ0) is 28.9. The Hall–Kier alpha value is -4.33. The van der Waals surface area contributed by atoms with Gasteiger partial charge < -0.3 is 29.3 Å². The maximum Gasteiger partial charge on any atom is 0.594 e. The number of nitrogens with one attached hydrogen (secondary N) is 2. The second-order valence-corrected chi connectivity index (χ2v) is 10.2. The van der Waals surface area contributed by atoms with Gasteiger partial charge in [0.25, 0.3) is 11.9 Å². The van der Waals surface area contributed by atoms with Crippen LogP contribution in [-0.4, -0.2) is 75.8 Å². The molecule has 4 rings (SSSR count). The first-order valence-corrected chi connectivity index (χ1v) is 12.9. The van der Waals surface area contributed by atoms with Crippen LogP contribution in [0.15, 0.2) is 48.9 Å². The number of hydrogen-bond donors (Lipinski definition) is 2. The summed E-state index contributed by atoms with van der Waals surface area (Å²) in [6.45, 7) is 0.684. The van der Waals surface area contributed by atoms with Crippen LogP contribution >= 0.6 is 0 Å². The van der Waals surface area contributed by atoms with Crippen LogP contribution in [0.5, 0.6) is 0 Å². The van der Waals surface area contributed by atoms with E-state index >= 15 is 0 Å². The summed E-state index contributed by atoms with van der Waals surface area (Å²) < 4.78 is 20.3. The summed E-state index contributed by atoms with van der Waals surface area (Å²) in [4.78, 5) is 72.3. The number of carbonyl (C=O) groups is 5. The van der Waals surface area contributed by atoms with Crippen molar-refractivity contribution < 1.29 is 42.7 Å². The van der Waals surface area contributed by atoms with E-state index in [0.717, 1.165) is 12.7 Å². The molecule has 3 heterocycles. The Bertz CT molecular complexity index is 1280. The van der Waals surface area contributed by atoms with E-state index in [9.17, 15) is 24.0 Å². The highest BCUT2D eigenvalue weighted by molar-refractivity contribution is 6.67. The molecule has 14 heteroatoms. The highest BCUT2D eigenvalue weighted by atomic mass is 16.8. The van der Waals surface area contributed by atoms with Crippen LogP contribution in [0, 0.1) is 5.92 Å². The molecule has 1 unspecified atom stereocenters. The Morgan fingerprint density at radius 1 is 1.15 bits per heavy atom. The van der Waals surface area contributed by atoms with Crippen LogP contribution in [0.4, 0.5) is 0 Å². The van der Waals surface area contributed by atoms with Crippen molar-refractivity contribution in [3.05, 3.63) is 60.2 Å². The third kappa shape index (κ3) is 6.28. The number of nitrogens with zero attached hydrogens (tertiary/aromatic N) is 2. The molecule has 2 aliphatic rings. The molecule has 2 amide bonds. The predicted octanol–water partition coefficient (Wildman–Crippen LogP) is 0.160. The van der Waals surface area contributed by atoms with Crippen molar-refractivity contribution in [1.82, 2.24) is 20.6 Å². The molecule has 2 aromatic rings. The van der Waals surface area contributed by atoms with Gasteiger partial charge in [-0.3, -0.25) is 24.2 Å². The first-order chi connectivity index (χ1) is 19.1. The van der Waals surface area contributed by atoms with Crippen LogP contribution in [-0.2, 0) is 39.6 Å². The largest absolute Gasteiger partial charge is 0.717 e. The highest BCUT2D eigenvalue weighted by Gasteiger charge is 2.68. The topological polar surface area (TPSA) is 176 Å². The minimum absolute atomic E-state index is 0.0171. The number of fused-ring (bicyclic) bond motifs is 2. The quantitative estimate of drug-likeness (QED) is 0.221. The van der Waals surface area contributed by atoms with Crippen molar-refractivity contribution in [2.45, 2.75) is 57.1 Å². The lowest BCUT2D eigenvalue weighted by Crippen LogP contribution is -2.68. The number of amides is 2. The summed E-state index contributed by atoms with van der Waals surface area (Å²) in [7, 11) is 1.15. The lowest BCUT2D eigenvalue weighted by molar-refractivity contribution is -0.172. The monoisotopic (exact) mass is 554 g/mol. The van der Waals surface area contributed by atoms with E-state index in [4.69, 9.17) is 9.31 Å². The molecule has 13 nitrogen and oxygen atoms in total. The molecule has 4 atom stereocenters. The fourth-order valence-electron chi connectivity index (χ4n) is 4.88. The molecule has 40 heavy (non-hydrogen) atoms. The van der Waals surface area contributed by atoms with Crippen LogP contribution in [0.3, 0.4) is 0 Å². The van der Waals surface area contributed by atoms with Gasteiger partial charge in [0.2, 0.25) is 5.91 Å². The van der Waals surface area contributed by atoms with E-state index in [-0.39, 0.29) is 24.5 Å². The number of carboxylic acids is 1. The van der Waals surface area contributed by atoms with Crippen LogP contribution in [0.1, 0.15) is 49.2 Å². The fraction of sp³-hybridized carbons (Fsp3) is 0.423. The Kier molecular flexibility index (Phi) is 8.47. The molecule has 0 saturated carbocycles. The van der Waals surface area contributed by atoms with Crippen LogP contribution in [0.2, 0.25) is 0 Å². The minimum atomic E-state index is -3.05. The van der Waals surface area contributed by atoms with Crippen molar-refractivity contribution in [2.75, 3.05) is 7.11 Å². The summed E-state index contributed by atoms with van der Waals surface area (Å²) in [5, 5.41) is 5.50. The molecule has 1 aromatic heterocycles. The average molecular weight is 554 g/mol. The van der Waals surface area contributed by atoms with Crippen molar-refractivity contribution >= 4 is 36.5 Å². The normalized spacial score (nSPS) is 23.0. The maximum absolute atomic E-state index is 13.7. The van der Waals surface area contributed by atoms with Crippen LogP contribution < -0.4 is 10.6 Å². The number of hydrogen-bond acceptors (Lipinski definition) is 10. The number of rotatable bonds is 11. The molecule has 2 fully saturated rings. The second-order valence-electron chi connectivity index (χ2n) is 10.2. The predicted molar refractivity (Wildman–Crippen MR) is 139 cm³/mol. The molecule has 1 aromatic carbocycles. The number of methoxy groups -OCH3 is 1. The first kappa shape index (κ1) is 28.7. The summed E-state index contributed by atoms with van der Waals surface area (Å²) in [5.74, 6) is -4.75. The standard InChI is InChI=1S/C26H31BN4O9/c1-16(2)11-20(27-38-22(33)14-26(40-27,25(36)39-27)13-21(32)37-3)31-23(34)18(12-17-7-5-4-6-8-17)30-24(35)19-15-28-9-10-29-19/h4-10,15-16,18,20,38H,11-14H2,1-3H3,(H,30,35)(H,31,34)/t18-,20-,26+,27?/m0/s1. The summed E-state index contributed by atoms with van der Waals surface area (Å²) in [6, 6.07) is 7.96. The third-order valence-electron chi connectivity index (χ3n) is 6.72. The second kappa shape index (κ2) is 11.8. The molecule has 0 radical (unpaired) electrons. The Labute approximate surface area is 230 Å². The summed E-state index contributed by atoms with van der Waals surface area (Å²) >= 11 is 0. The maximum atomic E-state index is 13.7. The molecule has 212 valence electrons. The number of benzene rings is 1. The molecule has 2 saturated heterocycles. The van der Waals surface area contributed by atoms with E-state index in [2.05, 4.69) is 30.0 Å². The molecule has 2 aliphatic heterocycles. The van der Waals surface area contributed by atoms with E-state index < -0.39 is 66.9 Å². The SMILES string of the molecule is COC(=O)C[C@@]12CC(=O)[OH+][B-]([C@H](CC(C)C)NC(=O)[C@H](Cc3ccccc3)NC(=O)c3cnccn3)(OC1=O)O2. The fourth-order valence-corrected chi connectivity index (χ4v) is 4.88.